The van der Waals surface area contributed by atoms with Crippen molar-refractivity contribution in [3.05, 3.63) is 52.0 Å². The Balaban J connectivity index is 1.95. The molecule has 1 aromatic rings. The monoisotopic (exact) mass is 443 g/mol. The van der Waals surface area contributed by atoms with E-state index < -0.39 is 70.4 Å². The Morgan fingerprint density at radius 3 is 2.59 bits per heavy atom. The Bertz CT molecular complexity index is 1100. The molecule has 0 radical (unpaired) electrons. The van der Waals surface area contributed by atoms with Crippen molar-refractivity contribution in [2.75, 3.05) is 6.61 Å². The van der Waals surface area contributed by atoms with Crippen LogP contribution in [0, 0.1) is 11.8 Å². The molecule has 5 atom stereocenters. The summed E-state index contributed by atoms with van der Waals surface area (Å²) in [6.45, 7) is 4.02. The molecule has 0 heterocycles. The fraction of sp³-hybridized carbons (Fsp3) is 0.435. The predicted molar refractivity (Wildman–Crippen MR) is 111 cm³/mol. The molecule has 32 heavy (non-hydrogen) atoms. The van der Waals surface area contributed by atoms with E-state index in [4.69, 9.17) is 10.5 Å². The predicted octanol–water partition coefficient (Wildman–Crippen LogP) is 1.20. The quantitative estimate of drug-likeness (QED) is 0.433. The summed E-state index contributed by atoms with van der Waals surface area (Å²) in [4.78, 5) is 38.3. The van der Waals surface area contributed by atoms with E-state index in [0.717, 1.165) is 0 Å². The number of amides is 1. The third kappa shape index (κ3) is 2.74. The largest absolute Gasteiger partial charge is 0.511 e. The fourth-order valence-electron chi connectivity index (χ4n) is 5.27. The smallest absolute Gasteiger partial charge is 0.255 e. The molecule has 0 aliphatic heterocycles. The van der Waals surface area contributed by atoms with E-state index in [1.165, 1.54) is 0 Å². The van der Waals surface area contributed by atoms with Crippen LogP contribution >= 0.6 is 0 Å². The summed E-state index contributed by atoms with van der Waals surface area (Å²) >= 11 is 0. The van der Waals surface area contributed by atoms with Crippen molar-refractivity contribution < 1.29 is 39.5 Å². The molecule has 1 amide bonds. The molecule has 3 aliphatic rings. The number of aliphatic hydroxyl groups is 4. The van der Waals surface area contributed by atoms with E-state index in [2.05, 4.69) is 0 Å². The van der Waals surface area contributed by atoms with Gasteiger partial charge in [0.15, 0.2) is 11.4 Å². The van der Waals surface area contributed by atoms with Crippen LogP contribution in [0.25, 0.3) is 0 Å². The maximum atomic E-state index is 13.6. The van der Waals surface area contributed by atoms with Gasteiger partial charge < -0.3 is 30.9 Å². The zero-order chi connectivity index (χ0) is 23.5. The second-order valence-electron chi connectivity index (χ2n) is 8.56. The van der Waals surface area contributed by atoms with Gasteiger partial charge in [-0.05, 0) is 24.0 Å². The number of rotatable bonds is 4. The van der Waals surface area contributed by atoms with Crippen LogP contribution < -0.4 is 10.5 Å². The van der Waals surface area contributed by atoms with Gasteiger partial charge in [0.1, 0.15) is 22.8 Å². The number of hydrogen-bond acceptors (Lipinski definition) is 8. The molecule has 0 bridgehead atoms. The molecule has 0 unspecified atom stereocenters. The first-order valence-electron chi connectivity index (χ1n) is 10.5. The van der Waals surface area contributed by atoms with Crippen LogP contribution in [0.4, 0.5) is 0 Å². The number of carbonyl (C=O) groups is 3. The van der Waals surface area contributed by atoms with Crippen molar-refractivity contribution in [1.29, 1.82) is 0 Å². The minimum atomic E-state index is -2.77. The summed E-state index contributed by atoms with van der Waals surface area (Å²) in [5.74, 6) is -7.40. The summed E-state index contributed by atoms with van der Waals surface area (Å²) in [5.41, 5.74) is 2.06. The Hall–Kier alpha value is -3.17. The Morgan fingerprint density at radius 2 is 1.97 bits per heavy atom. The lowest BCUT2D eigenvalue weighted by atomic mass is 9.56. The van der Waals surface area contributed by atoms with Crippen LogP contribution in [0.5, 0.6) is 5.75 Å². The van der Waals surface area contributed by atoms with Gasteiger partial charge in [-0.3, -0.25) is 14.4 Å². The second kappa shape index (κ2) is 7.46. The minimum absolute atomic E-state index is 0.192. The van der Waals surface area contributed by atoms with Crippen LogP contribution in [0.2, 0.25) is 0 Å². The first-order chi connectivity index (χ1) is 15.1. The van der Waals surface area contributed by atoms with E-state index in [1.807, 2.05) is 6.92 Å². The summed E-state index contributed by atoms with van der Waals surface area (Å²) in [7, 11) is 0. The third-order valence-corrected chi connectivity index (χ3v) is 6.81. The number of ketones is 2. The number of aliphatic hydroxyl groups excluding tert-OH is 3. The van der Waals surface area contributed by atoms with Crippen molar-refractivity contribution in [2.45, 2.75) is 44.3 Å². The third-order valence-electron chi connectivity index (χ3n) is 6.81. The van der Waals surface area contributed by atoms with Crippen molar-refractivity contribution in [2.24, 2.45) is 17.6 Å². The van der Waals surface area contributed by atoms with E-state index >= 15 is 0 Å². The van der Waals surface area contributed by atoms with Gasteiger partial charge in [-0.1, -0.05) is 26.0 Å². The van der Waals surface area contributed by atoms with Gasteiger partial charge in [0.25, 0.3) is 5.91 Å². The molecule has 6 N–H and O–H groups in total. The van der Waals surface area contributed by atoms with Gasteiger partial charge in [0.2, 0.25) is 5.78 Å². The first-order valence-corrected chi connectivity index (χ1v) is 10.5. The summed E-state index contributed by atoms with van der Waals surface area (Å²) in [6, 6.07) is 5.07. The zero-order valence-corrected chi connectivity index (χ0v) is 17.7. The summed E-state index contributed by atoms with van der Waals surface area (Å²) in [5, 5.41) is 43.8. The standard InChI is InChI=1S/C23H25NO8/c1-3-7-32-13-6-4-5-10-9(2)14-17(19(27)15(10)13)21(29)23(31)11(18(14)26)8-12(25)16(20(23)28)22(24)30/h4-6,9,11,14,18,25-26,29,31H,3,7-8H2,1-2H3,(H2,24,30)/t9-,11+,14+,18+,23+/m0/s1. The fourth-order valence-corrected chi connectivity index (χ4v) is 5.27. The van der Waals surface area contributed by atoms with Gasteiger partial charge >= 0.3 is 0 Å². The van der Waals surface area contributed by atoms with E-state index in [0.29, 0.717) is 24.3 Å². The van der Waals surface area contributed by atoms with Crippen molar-refractivity contribution in [3.63, 3.8) is 0 Å². The molecule has 9 heteroatoms. The molecule has 4 rings (SSSR count). The number of fused-ring (bicyclic) bond motifs is 3. The molecular weight excluding hydrogens is 418 g/mol. The molecule has 0 saturated carbocycles. The number of benzene rings is 1. The highest BCUT2D eigenvalue weighted by atomic mass is 16.5. The number of Topliss-reactive ketones (excluding diaryl/α,β-unsaturated/α-hetero) is 2. The number of allylic oxidation sites excluding steroid dienone is 1. The lowest BCUT2D eigenvalue weighted by Crippen LogP contribution is -2.62. The van der Waals surface area contributed by atoms with Crippen LogP contribution in [0.3, 0.4) is 0 Å². The molecule has 3 aliphatic carbocycles. The summed E-state index contributed by atoms with van der Waals surface area (Å²) in [6.07, 6.45) is -1.24. The number of primary amides is 1. The minimum Gasteiger partial charge on any atom is -0.511 e. The van der Waals surface area contributed by atoms with E-state index in [-0.39, 0.29) is 11.1 Å². The maximum Gasteiger partial charge on any atom is 0.255 e. The maximum absolute atomic E-state index is 13.6. The molecular formula is C23H25NO8. The number of carbonyl (C=O) groups excluding carboxylic acids is 3. The number of nitrogens with two attached hydrogens (primary N) is 1. The lowest BCUT2D eigenvalue weighted by Gasteiger charge is -2.50. The Kier molecular flexibility index (Phi) is 5.14. The van der Waals surface area contributed by atoms with E-state index in [1.54, 1.807) is 25.1 Å². The molecule has 1 aromatic carbocycles. The van der Waals surface area contributed by atoms with Crippen LogP contribution in [-0.4, -0.2) is 56.2 Å². The first kappa shape index (κ1) is 22.0. The van der Waals surface area contributed by atoms with Crippen molar-refractivity contribution in [1.82, 2.24) is 0 Å². The second-order valence-corrected chi connectivity index (χ2v) is 8.56. The van der Waals surface area contributed by atoms with Gasteiger partial charge in [-0.15, -0.1) is 0 Å². The summed E-state index contributed by atoms with van der Waals surface area (Å²) < 4.78 is 5.71. The molecule has 0 spiro atoms. The highest BCUT2D eigenvalue weighted by molar-refractivity contribution is 6.24. The van der Waals surface area contributed by atoms with Gasteiger partial charge in [0, 0.05) is 23.8 Å². The van der Waals surface area contributed by atoms with Crippen LogP contribution in [-0.2, 0) is 9.59 Å². The van der Waals surface area contributed by atoms with Crippen molar-refractivity contribution >= 4 is 17.5 Å². The average Bonchev–Trinajstić information content (AvgIpc) is 2.74. The molecule has 0 fully saturated rings. The highest BCUT2D eigenvalue weighted by Gasteiger charge is 2.64. The van der Waals surface area contributed by atoms with Gasteiger partial charge in [-0.2, -0.15) is 0 Å². The molecule has 0 saturated heterocycles. The zero-order valence-electron chi connectivity index (χ0n) is 17.7. The van der Waals surface area contributed by atoms with Crippen LogP contribution in [0.1, 0.15) is 48.5 Å². The lowest BCUT2D eigenvalue weighted by molar-refractivity contribution is -0.154. The number of hydrogen-bond donors (Lipinski definition) is 5. The Morgan fingerprint density at radius 1 is 1.28 bits per heavy atom. The SMILES string of the molecule is CCCOc1cccc2c1C(=O)C1=C(O)[C@]3(O)C(=O)C(C(N)=O)=C(O)C[C@@H]3[C@@H](O)[C@@H]1[C@H]2C. The molecule has 170 valence electrons. The van der Waals surface area contributed by atoms with E-state index in [9.17, 15) is 34.8 Å². The number of ether oxygens (including phenoxy) is 1. The normalized spacial score (nSPS) is 31.8. The molecule has 9 nitrogen and oxygen atoms in total. The highest BCUT2D eigenvalue weighted by Crippen LogP contribution is 2.54. The van der Waals surface area contributed by atoms with Crippen molar-refractivity contribution in [3.8, 4) is 5.75 Å². The topological polar surface area (TPSA) is 167 Å². The Labute approximate surface area is 183 Å². The van der Waals surface area contributed by atoms with Gasteiger partial charge in [-0.25, -0.2) is 0 Å². The average molecular weight is 443 g/mol. The van der Waals surface area contributed by atoms with Gasteiger partial charge in [0.05, 0.1) is 18.3 Å². The molecule has 0 aromatic heterocycles. The van der Waals surface area contributed by atoms with Crippen LogP contribution in [0.15, 0.2) is 40.9 Å².